The molecule has 7 nitrogen and oxygen atoms in total. The molecule has 0 aromatic heterocycles. The first-order chi connectivity index (χ1) is 11.4. The summed E-state index contributed by atoms with van der Waals surface area (Å²) >= 11 is 0. The lowest BCUT2D eigenvalue weighted by Crippen LogP contribution is -2.18. The number of benzene rings is 2. The quantitative estimate of drug-likeness (QED) is 0.650. The number of hydrogen-bond acceptors (Lipinski definition) is 5. The molecule has 2 aromatic rings. The topological polar surface area (TPSA) is 102 Å². The summed E-state index contributed by atoms with van der Waals surface area (Å²) < 4.78 is 21.5. The summed E-state index contributed by atoms with van der Waals surface area (Å²) in [4.78, 5) is 29.8. The average molecular weight is 349 g/mol. The number of phosphoric acid groups is 1. The number of para-hydroxylation sites is 2. The Kier molecular flexibility index (Phi) is 6.12. The summed E-state index contributed by atoms with van der Waals surface area (Å²) in [6, 6.07) is 16.7. The van der Waals surface area contributed by atoms with Crippen LogP contribution in [-0.2, 0) is 14.2 Å². The molecule has 2 aromatic carbocycles. The first-order valence-electron chi connectivity index (χ1n) is 7.09. The third-order valence-corrected chi connectivity index (χ3v) is 3.67. The van der Waals surface area contributed by atoms with Crippen molar-refractivity contribution in [3.8, 4) is 11.5 Å². The van der Waals surface area contributed by atoms with E-state index in [1.807, 2.05) is 0 Å². The molecule has 126 valence electrons. The minimum atomic E-state index is -4.14. The zero-order valence-electron chi connectivity index (χ0n) is 12.6. The van der Waals surface area contributed by atoms with Gasteiger partial charge in [-0.15, -0.1) is 0 Å². The number of rotatable bonds is 4. The van der Waals surface area contributed by atoms with Crippen LogP contribution < -0.4 is 14.4 Å². The summed E-state index contributed by atoms with van der Waals surface area (Å²) in [6.45, 7) is 0. The zero-order chi connectivity index (χ0) is 17.4. The molecule has 0 bridgehead atoms. The van der Waals surface area contributed by atoms with Gasteiger partial charge >= 0.3 is 7.82 Å². The number of amides is 2. The monoisotopic (exact) mass is 349 g/mol. The van der Waals surface area contributed by atoms with Crippen LogP contribution >= 0.6 is 7.82 Å². The lowest BCUT2D eigenvalue weighted by Gasteiger charge is -2.13. The van der Waals surface area contributed by atoms with E-state index in [0.29, 0.717) is 12.8 Å². The molecule has 0 aliphatic carbocycles. The van der Waals surface area contributed by atoms with Crippen molar-refractivity contribution in [2.24, 2.45) is 0 Å². The van der Waals surface area contributed by atoms with Gasteiger partial charge in [-0.2, -0.15) is 0 Å². The van der Waals surface area contributed by atoms with Crippen LogP contribution in [0.25, 0.3) is 0 Å². The van der Waals surface area contributed by atoms with Crippen molar-refractivity contribution < 1.29 is 28.1 Å². The highest BCUT2D eigenvalue weighted by molar-refractivity contribution is 7.48. The molecule has 1 heterocycles. The number of imide groups is 1. The van der Waals surface area contributed by atoms with Gasteiger partial charge in [-0.1, -0.05) is 36.4 Å². The normalized spacial score (nSPS) is 13.5. The van der Waals surface area contributed by atoms with Crippen LogP contribution in [0.2, 0.25) is 0 Å². The van der Waals surface area contributed by atoms with E-state index in [0.717, 1.165) is 0 Å². The number of carbonyl (C=O) groups excluding carboxylic acids is 2. The SMILES string of the molecule is O=C1CCC(=O)N1.O=P(O)(Oc1ccccc1)Oc1ccccc1. The van der Waals surface area contributed by atoms with Gasteiger partial charge in [-0.25, -0.2) is 4.57 Å². The van der Waals surface area contributed by atoms with Crippen LogP contribution in [0, 0.1) is 0 Å². The molecule has 0 radical (unpaired) electrons. The highest BCUT2D eigenvalue weighted by Crippen LogP contribution is 2.44. The van der Waals surface area contributed by atoms with Crippen molar-refractivity contribution in [1.82, 2.24) is 5.32 Å². The van der Waals surface area contributed by atoms with Gasteiger partial charge in [0, 0.05) is 12.8 Å². The summed E-state index contributed by atoms with van der Waals surface area (Å²) in [5.74, 6) is 0.276. The van der Waals surface area contributed by atoms with Crippen molar-refractivity contribution in [3.63, 3.8) is 0 Å². The van der Waals surface area contributed by atoms with E-state index in [4.69, 9.17) is 9.05 Å². The third-order valence-electron chi connectivity index (χ3n) is 2.79. The van der Waals surface area contributed by atoms with Gasteiger partial charge in [-0.05, 0) is 24.3 Å². The van der Waals surface area contributed by atoms with Crippen LogP contribution in [0.15, 0.2) is 60.7 Å². The van der Waals surface area contributed by atoms with Crippen molar-refractivity contribution in [3.05, 3.63) is 60.7 Å². The number of nitrogens with one attached hydrogen (secondary N) is 1. The van der Waals surface area contributed by atoms with Crippen molar-refractivity contribution >= 4 is 19.6 Å². The lowest BCUT2D eigenvalue weighted by atomic mass is 10.3. The molecule has 0 unspecified atom stereocenters. The highest BCUT2D eigenvalue weighted by Gasteiger charge is 2.24. The predicted molar refractivity (Wildman–Crippen MR) is 86.3 cm³/mol. The van der Waals surface area contributed by atoms with E-state index in [1.54, 1.807) is 60.7 Å². The summed E-state index contributed by atoms with van der Waals surface area (Å²) in [7, 11) is -4.14. The zero-order valence-corrected chi connectivity index (χ0v) is 13.5. The van der Waals surface area contributed by atoms with E-state index in [2.05, 4.69) is 5.32 Å². The highest BCUT2D eigenvalue weighted by atomic mass is 31.2. The van der Waals surface area contributed by atoms with Crippen molar-refractivity contribution in [2.45, 2.75) is 12.8 Å². The molecule has 1 aliphatic rings. The minimum absolute atomic E-state index is 0.148. The van der Waals surface area contributed by atoms with Crippen LogP contribution in [0.5, 0.6) is 11.5 Å². The number of carbonyl (C=O) groups is 2. The van der Waals surface area contributed by atoms with E-state index in [9.17, 15) is 19.0 Å². The van der Waals surface area contributed by atoms with Crippen molar-refractivity contribution in [1.29, 1.82) is 0 Å². The standard InChI is InChI=1S/C12H11O4P.C4H5NO2/c13-17(14,15-11-7-3-1-4-8-11)16-12-9-5-2-6-10-12;6-3-1-2-4(7)5-3/h1-10H,(H,13,14);1-2H2,(H,5,6,7). The molecule has 0 saturated carbocycles. The van der Waals surface area contributed by atoms with Crippen LogP contribution in [0.1, 0.15) is 12.8 Å². The molecule has 1 saturated heterocycles. The first-order valence-corrected chi connectivity index (χ1v) is 8.59. The molecule has 0 spiro atoms. The molecule has 1 aliphatic heterocycles. The van der Waals surface area contributed by atoms with Gasteiger partial charge in [-0.3, -0.25) is 19.8 Å². The second-order valence-electron chi connectivity index (χ2n) is 4.75. The predicted octanol–water partition coefficient (Wildman–Crippen LogP) is 2.67. The maximum absolute atomic E-state index is 11.7. The molecular weight excluding hydrogens is 333 g/mol. The van der Waals surface area contributed by atoms with Gasteiger partial charge < -0.3 is 9.05 Å². The fourth-order valence-electron chi connectivity index (χ4n) is 1.76. The third kappa shape index (κ3) is 6.24. The summed E-state index contributed by atoms with van der Waals surface area (Å²) in [6.07, 6.45) is 0.748. The molecule has 24 heavy (non-hydrogen) atoms. The minimum Gasteiger partial charge on any atom is -0.395 e. The molecule has 0 atom stereocenters. The first kappa shape index (κ1) is 17.7. The second-order valence-corrected chi connectivity index (χ2v) is 6.05. The Morgan fingerprint density at radius 1 is 0.792 bits per heavy atom. The van der Waals surface area contributed by atoms with Gasteiger partial charge in [0.1, 0.15) is 11.5 Å². The van der Waals surface area contributed by atoms with E-state index >= 15 is 0 Å². The molecule has 8 heteroatoms. The van der Waals surface area contributed by atoms with E-state index < -0.39 is 7.82 Å². The fraction of sp³-hybridized carbons (Fsp3) is 0.125. The lowest BCUT2D eigenvalue weighted by molar-refractivity contribution is -0.124. The number of hydrogen-bond donors (Lipinski definition) is 2. The van der Waals surface area contributed by atoms with Crippen LogP contribution in [0.4, 0.5) is 0 Å². The van der Waals surface area contributed by atoms with Gasteiger partial charge in [0.15, 0.2) is 0 Å². The summed E-state index contributed by atoms with van der Waals surface area (Å²) in [5, 5.41) is 2.14. The Morgan fingerprint density at radius 2 is 1.17 bits per heavy atom. The Balaban J connectivity index is 0.000000249. The van der Waals surface area contributed by atoms with Crippen LogP contribution in [-0.4, -0.2) is 16.7 Å². The van der Waals surface area contributed by atoms with Gasteiger partial charge in [0.2, 0.25) is 11.8 Å². The Labute approximate surface area is 138 Å². The van der Waals surface area contributed by atoms with Crippen molar-refractivity contribution in [2.75, 3.05) is 0 Å². The smallest absolute Gasteiger partial charge is 0.395 e. The molecule has 2 N–H and O–H groups in total. The second kappa shape index (κ2) is 8.29. The maximum atomic E-state index is 11.7. The molecule has 3 rings (SSSR count). The molecule has 2 amide bonds. The van der Waals surface area contributed by atoms with E-state index in [-0.39, 0.29) is 23.3 Å². The summed E-state index contributed by atoms with van der Waals surface area (Å²) in [5.41, 5.74) is 0. The van der Waals surface area contributed by atoms with Gasteiger partial charge in [0.25, 0.3) is 0 Å². The van der Waals surface area contributed by atoms with Crippen LogP contribution in [0.3, 0.4) is 0 Å². The van der Waals surface area contributed by atoms with Gasteiger partial charge in [0.05, 0.1) is 0 Å². The Bertz CT molecular complexity index is 675. The maximum Gasteiger partial charge on any atom is 0.584 e. The fourth-order valence-corrected chi connectivity index (χ4v) is 2.57. The average Bonchev–Trinajstić information content (AvgIpc) is 2.92. The Hall–Kier alpha value is -2.63. The van der Waals surface area contributed by atoms with E-state index in [1.165, 1.54) is 0 Å². The molecule has 1 fully saturated rings. The number of phosphoric ester groups is 1. The largest absolute Gasteiger partial charge is 0.584 e. The molecular formula is C16H16NO6P. The Morgan fingerprint density at radius 3 is 1.46 bits per heavy atom.